The van der Waals surface area contributed by atoms with E-state index in [-0.39, 0.29) is 6.04 Å². The second-order valence-electron chi connectivity index (χ2n) is 3.74. The van der Waals surface area contributed by atoms with Gasteiger partial charge in [-0.25, -0.2) is 0 Å². The van der Waals surface area contributed by atoms with E-state index in [1.165, 1.54) is 5.56 Å². The lowest BCUT2D eigenvalue weighted by atomic mass is 9.86. The van der Waals surface area contributed by atoms with E-state index in [1.807, 2.05) is 18.2 Å². The zero-order valence-corrected chi connectivity index (χ0v) is 8.23. The van der Waals surface area contributed by atoms with Crippen LogP contribution < -0.4 is 10.5 Å². The molecule has 1 aliphatic rings. The molecule has 1 aromatic carbocycles. The van der Waals surface area contributed by atoms with Gasteiger partial charge in [0, 0.05) is 12.5 Å². The van der Waals surface area contributed by atoms with Crippen molar-refractivity contribution in [3.63, 3.8) is 0 Å². The van der Waals surface area contributed by atoms with Crippen LogP contribution in [0.2, 0.25) is 0 Å². The molecule has 0 saturated heterocycles. The van der Waals surface area contributed by atoms with E-state index < -0.39 is 6.10 Å². The first-order valence-electron chi connectivity index (χ1n) is 4.80. The van der Waals surface area contributed by atoms with Crippen molar-refractivity contribution in [2.75, 3.05) is 7.11 Å². The van der Waals surface area contributed by atoms with Gasteiger partial charge in [0.2, 0.25) is 0 Å². The summed E-state index contributed by atoms with van der Waals surface area (Å²) in [6, 6.07) is 5.78. The second-order valence-corrected chi connectivity index (χ2v) is 3.74. The Hall–Kier alpha value is -1.06. The number of methoxy groups -OCH3 is 1. The number of aliphatic hydroxyl groups excluding tert-OH is 1. The van der Waals surface area contributed by atoms with Gasteiger partial charge >= 0.3 is 0 Å². The van der Waals surface area contributed by atoms with Crippen LogP contribution in [0.1, 0.15) is 11.1 Å². The van der Waals surface area contributed by atoms with Crippen LogP contribution in [-0.2, 0) is 12.8 Å². The molecule has 0 aromatic heterocycles. The van der Waals surface area contributed by atoms with E-state index in [9.17, 15) is 5.11 Å². The average Bonchev–Trinajstić information content (AvgIpc) is 2.19. The van der Waals surface area contributed by atoms with Gasteiger partial charge in [0.25, 0.3) is 0 Å². The van der Waals surface area contributed by atoms with Crippen LogP contribution in [0, 0.1) is 0 Å². The van der Waals surface area contributed by atoms with Crippen molar-refractivity contribution >= 4 is 0 Å². The molecule has 3 nitrogen and oxygen atoms in total. The molecular formula is C11H15NO2. The van der Waals surface area contributed by atoms with Crippen LogP contribution in [0.15, 0.2) is 18.2 Å². The highest BCUT2D eigenvalue weighted by Crippen LogP contribution is 2.28. The summed E-state index contributed by atoms with van der Waals surface area (Å²) in [6.07, 6.45) is 0.882. The summed E-state index contributed by atoms with van der Waals surface area (Å²) in [4.78, 5) is 0. The number of benzene rings is 1. The van der Waals surface area contributed by atoms with Crippen LogP contribution in [0.3, 0.4) is 0 Å². The van der Waals surface area contributed by atoms with E-state index in [0.29, 0.717) is 6.42 Å². The lowest BCUT2D eigenvalue weighted by Crippen LogP contribution is -2.41. The maximum Gasteiger partial charge on any atom is 0.122 e. The SMILES string of the molecule is COc1cccc2c1CC(O)C(N)C2. The molecule has 0 amide bonds. The number of aliphatic hydroxyl groups is 1. The van der Waals surface area contributed by atoms with Crippen molar-refractivity contribution in [3.05, 3.63) is 29.3 Å². The summed E-state index contributed by atoms with van der Waals surface area (Å²) in [6.45, 7) is 0. The molecule has 3 N–H and O–H groups in total. The molecule has 0 heterocycles. The lowest BCUT2D eigenvalue weighted by molar-refractivity contribution is 0.136. The van der Waals surface area contributed by atoms with Gasteiger partial charge in [-0.2, -0.15) is 0 Å². The van der Waals surface area contributed by atoms with E-state index in [0.717, 1.165) is 17.7 Å². The minimum Gasteiger partial charge on any atom is -0.496 e. The van der Waals surface area contributed by atoms with Gasteiger partial charge in [0.15, 0.2) is 0 Å². The smallest absolute Gasteiger partial charge is 0.122 e. The molecule has 0 spiro atoms. The Morgan fingerprint density at radius 2 is 2.21 bits per heavy atom. The Morgan fingerprint density at radius 3 is 2.93 bits per heavy atom. The van der Waals surface area contributed by atoms with Gasteiger partial charge in [0.05, 0.1) is 13.2 Å². The Bertz CT molecular complexity index is 338. The van der Waals surface area contributed by atoms with Crippen molar-refractivity contribution in [1.82, 2.24) is 0 Å². The van der Waals surface area contributed by atoms with E-state index in [2.05, 4.69) is 0 Å². The van der Waals surface area contributed by atoms with E-state index >= 15 is 0 Å². The molecule has 0 bridgehead atoms. The molecule has 0 radical (unpaired) electrons. The quantitative estimate of drug-likeness (QED) is 0.682. The first-order chi connectivity index (χ1) is 6.72. The fraction of sp³-hybridized carbons (Fsp3) is 0.455. The number of hydrogen-bond acceptors (Lipinski definition) is 3. The summed E-state index contributed by atoms with van der Waals surface area (Å²) >= 11 is 0. The summed E-state index contributed by atoms with van der Waals surface area (Å²) < 4.78 is 5.24. The van der Waals surface area contributed by atoms with Gasteiger partial charge in [0.1, 0.15) is 5.75 Å². The number of rotatable bonds is 1. The van der Waals surface area contributed by atoms with Crippen molar-refractivity contribution in [1.29, 1.82) is 0 Å². The van der Waals surface area contributed by atoms with Gasteiger partial charge in [-0.05, 0) is 23.6 Å². The summed E-state index contributed by atoms with van der Waals surface area (Å²) in [7, 11) is 1.65. The average molecular weight is 193 g/mol. The van der Waals surface area contributed by atoms with Crippen molar-refractivity contribution in [3.8, 4) is 5.75 Å². The van der Waals surface area contributed by atoms with Gasteiger partial charge in [-0.3, -0.25) is 0 Å². The molecule has 14 heavy (non-hydrogen) atoms. The van der Waals surface area contributed by atoms with Crippen LogP contribution >= 0.6 is 0 Å². The maximum absolute atomic E-state index is 9.66. The van der Waals surface area contributed by atoms with Crippen molar-refractivity contribution in [2.24, 2.45) is 5.73 Å². The second kappa shape index (κ2) is 3.59. The molecule has 0 aliphatic heterocycles. The van der Waals surface area contributed by atoms with Crippen molar-refractivity contribution in [2.45, 2.75) is 25.0 Å². The molecule has 2 atom stereocenters. The fourth-order valence-corrected chi connectivity index (χ4v) is 1.98. The first-order valence-corrected chi connectivity index (χ1v) is 4.80. The zero-order valence-electron chi connectivity index (χ0n) is 8.23. The summed E-state index contributed by atoms with van der Waals surface area (Å²) in [5.74, 6) is 0.855. The molecule has 2 rings (SSSR count). The third kappa shape index (κ3) is 1.49. The van der Waals surface area contributed by atoms with Crippen molar-refractivity contribution < 1.29 is 9.84 Å². The number of fused-ring (bicyclic) bond motifs is 1. The fourth-order valence-electron chi connectivity index (χ4n) is 1.98. The Labute approximate surface area is 83.5 Å². The maximum atomic E-state index is 9.66. The van der Waals surface area contributed by atoms with Crippen LogP contribution in [0.4, 0.5) is 0 Å². The Kier molecular flexibility index (Phi) is 2.44. The van der Waals surface area contributed by atoms with Gasteiger partial charge in [-0.1, -0.05) is 12.1 Å². The van der Waals surface area contributed by atoms with E-state index in [1.54, 1.807) is 7.11 Å². The van der Waals surface area contributed by atoms with Crippen LogP contribution in [0.25, 0.3) is 0 Å². The Morgan fingerprint density at radius 1 is 1.43 bits per heavy atom. The van der Waals surface area contributed by atoms with Crippen LogP contribution in [0.5, 0.6) is 5.75 Å². The third-order valence-electron chi connectivity index (χ3n) is 2.81. The topological polar surface area (TPSA) is 55.5 Å². The summed E-state index contributed by atoms with van der Waals surface area (Å²) in [5.41, 5.74) is 8.09. The monoisotopic (exact) mass is 193 g/mol. The largest absolute Gasteiger partial charge is 0.496 e. The molecule has 1 aliphatic carbocycles. The highest BCUT2D eigenvalue weighted by molar-refractivity contribution is 5.43. The minimum atomic E-state index is -0.446. The summed E-state index contributed by atoms with van der Waals surface area (Å²) in [5, 5.41) is 9.66. The molecular weight excluding hydrogens is 178 g/mol. The molecule has 0 saturated carbocycles. The van der Waals surface area contributed by atoms with Crippen LogP contribution in [-0.4, -0.2) is 24.4 Å². The predicted molar refractivity (Wildman–Crippen MR) is 54.4 cm³/mol. The molecule has 76 valence electrons. The number of nitrogens with two attached hydrogens (primary N) is 1. The van der Waals surface area contributed by atoms with Gasteiger partial charge in [-0.15, -0.1) is 0 Å². The predicted octanol–water partition coefficient (Wildman–Crippen LogP) is 0.482. The molecule has 3 heteroatoms. The highest BCUT2D eigenvalue weighted by Gasteiger charge is 2.25. The Balaban J connectivity index is 2.41. The highest BCUT2D eigenvalue weighted by atomic mass is 16.5. The van der Waals surface area contributed by atoms with Gasteiger partial charge < -0.3 is 15.6 Å². The van der Waals surface area contributed by atoms with E-state index in [4.69, 9.17) is 10.5 Å². The zero-order chi connectivity index (χ0) is 10.1. The first kappa shape index (κ1) is 9.49. The standard InChI is InChI=1S/C11H15NO2/c1-14-11-4-2-3-7-5-9(12)10(13)6-8(7)11/h2-4,9-10,13H,5-6,12H2,1H3. The molecule has 1 aromatic rings. The lowest BCUT2D eigenvalue weighted by Gasteiger charge is -2.27. The molecule has 2 unspecified atom stereocenters. The third-order valence-corrected chi connectivity index (χ3v) is 2.81. The normalized spacial score (nSPS) is 25.6. The number of hydrogen-bond donors (Lipinski definition) is 2. The minimum absolute atomic E-state index is 0.144. The molecule has 0 fully saturated rings. The number of ether oxygens (including phenoxy) is 1.